The molecule has 1 aromatic rings. The Morgan fingerprint density at radius 3 is 2.00 bits per heavy atom. The Balaban J connectivity index is 2.59. The molecular formula is C14H24N2O4S2. The highest BCUT2D eigenvalue weighted by molar-refractivity contribution is 7.89. The van der Waals surface area contributed by atoms with Gasteiger partial charge in [-0.25, -0.2) is 26.3 Å². The summed E-state index contributed by atoms with van der Waals surface area (Å²) in [6, 6.07) is 6.73. The molecular weight excluding hydrogens is 324 g/mol. The first-order valence-electron chi connectivity index (χ1n) is 7.22. The highest BCUT2D eigenvalue weighted by Gasteiger charge is 2.14. The van der Waals surface area contributed by atoms with Crippen LogP contribution in [0, 0.1) is 5.92 Å². The number of hydrogen-bond donors (Lipinski definition) is 2. The minimum absolute atomic E-state index is 0.00923. The fraction of sp³-hybridized carbons (Fsp3) is 0.571. The van der Waals surface area contributed by atoms with Gasteiger partial charge in [0.1, 0.15) is 0 Å². The van der Waals surface area contributed by atoms with Crippen molar-refractivity contribution in [2.75, 3.05) is 18.8 Å². The Kier molecular flexibility index (Phi) is 6.98. The van der Waals surface area contributed by atoms with Gasteiger partial charge < -0.3 is 0 Å². The van der Waals surface area contributed by atoms with E-state index in [1.165, 1.54) is 6.92 Å². The van der Waals surface area contributed by atoms with Gasteiger partial charge in [0.15, 0.2) is 0 Å². The summed E-state index contributed by atoms with van der Waals surface area (Å²) < 4.78 is 51.3. The Morgan fingerprint density at radius 2 is 1.50 bits per heavy atom. The van der Waals surface area contributed by atoms with E-state index < -0.39 is 20.0 Å². The van der Waals surface area contributed by atoms with E-state index in [9.17, 15) is 16.8 Å². The molecule has 22 heavy (non-hydrogen) atoms. The molecule has 0 aliphatic rings. The van der Waals surface area contributed by atoms with Gasteiger partial charge in [-0.15, -0.1) is 0 Å². The molecule has 8 heteroatoms. The molecule has 0 atom stereocenters. The van der Waals surface area contributed by atoms with Crippen molar-refractivity contribution in [2.45, 2.75) is 32.1 Å². The molecule has 0 bridgehead atoms. The number of benzene rings is 1. The number of hydrogen-bond acceptors (Lipinski definition) is 4. The zero-order valence-electron chi connectivity index (χ0n) is 13.2. The average Bonchev–Trinajstić information content (AvgIpc) is 2.44. The second kappa shape index (κ2) is 8.05. The van der Waals surface area contributed by atoms with E-state index in [0.29, 0.717) is 5.92 Å². The first-order chi connectivity index (χ1) is 10.2. The highest BCUT2D eigenvalue weighted by Crippen LogP contribution is 2.13. The largest absolute Gasteiger partial charge is 0.240 e. The van der Waals surface area contributed by atoms with E-state index in [0.717, 1.165) is 12.0 Å². The molecule has 0 saturated heterocycles. The molecule has 0 saturated carbocycles. The van der Waals surface area contributed by atoms with E-state index >= 15 is 0 Å². The van der Waals surface area contributed by atoms with Gasteiger partial charge in [-0.05, 0) is 37.0 Å². The van der Waals surface area contributed by atoms with Crippen LogP contribution in [0.3, 0.4) is 0 Å². The van der Waals surface area contributed by atoms with Gasteiger partial charge in [0.2, 0.25) is 20.0 Å². The van der Waals surface area contributed by atoms with Gasteiger partial charge in [-0.2, -0.15) is 0 Å². The lowest BCUT2D eigenvalue weighted by Gasteiger charge is -2.09. The van der Waals surface area contributed by atoms with E-state index in [-0.39, 0.29) is 23.7 Å². The van der Waals surface area contributed by atoms with E-state index in [2.05, 4.69) is 23.3 Å². The smallest absolute Gasteiger partial charge is 0.214 e. The fourth-order valence-corrected chi connectivity index (χ4v) is 3.50. The van der Waals surface area contributed by atoms with Gasteiger partial charge in [0.05, 0.1) is 10.6 Å². The van der Waals surface area contributed by atoms with Crippen LogP contribution in [0.5, 0.6) is 0 Å². The van der Waals surface area contributed by atoms with Crippen LogP contribution in [0.2, 0.25) is 0 Å². The second-order valence-corrected chi connectivity index (χ2v) is 9.30. The first-order valence-corrected chi connectivity index (χ1v) is 10.4. The third kappa shape index (κ3) is 6.43. The fourth-order valence-electron chi connectivity index (χ4n) is 1.85. The van der Waals surface area contributed by atoms with E-state index in [1.807, 2.05) is 0 Å². The highest BCUT2D eigenvalue weighted by atomic mass is 32.2. The van der Waals surface area contributed by atoms with Crippen molar-refractivity contribution in [2.24, 2.45) is 5.92 Å². The number of sulfonamides is 2. The number of nitrogens with one attached hydrogen (secondary N) is 2. The van der Waals surface area contributed by atoms with Gasteiger partial charge in [-0.1, -0.05) is 26.0 Å². The summed E-state index contributed by atoms with van der Waals surface area (Å²) in [5.74, 6) is 0.476. The molecule has 0 aromatic heterocycles. The lowest BCUT2D eigenvalue weighted by molar-refractivity contribution is 0.571. The van der Waals surface area contributed by atoms with Crippen molar-refractivity contribution in [3.8, 4) is 0 Å². The summed E-state index contributed by atoms with van der Waals surface area (Å²) in [6.07, 6.45) is 0.895. The van der Waals surface area contributed by atoms with Gasteiger partial charge in [-0.3, -0.25) is 0 Å². The van der Waals surface area contributed by atoms with Crippen molar-refractivity contribution < 1.29 is 16.8 Å². The Morgan fingerprint density at radius 1 is 0.955 bits per heavy atom. The molecule has 0 heterocycles. The van der Waals surface area contributed by atoms with Crippen LogP contribution in [0.15, 0.2) is 29.2 Å². The lowest BCUT2D eigenvalue weighted by atomic mass is 10.0. The quantitative estimate of drug-likeness (QED) is 0.654. The van der Waals surface area contributed by atoms with Crippen LogP contribution < -0.4 is 9.44 Å². The normalized spacial score (nSPS) is 12.7. The molecule has 6 nitrogen and oxygen atoms in total. The molecule has 1 aromatic carbocycles. The number of rotatable bonds is 9. The minimum atomic E-state index is -3.61. The van der Waals surface area contributed by atoms with Crippen LogP contribution in [-0.2, 0) is 26.5 Å². The summed E-state index contributed by atoms with van der Waals surface area (Å²) in [4.78, 5) is 0.179. The predicted octanol–water partition coefficient (Wildman–Crippen LogP) is 1.10. The Bertz CT molecular complexity index is 665. The van der Waals surface area contributed by atoms with Crippen molar-refractivity contribution in [1.29, 1.82) is 0 Å². The molecule has 0 aliphatic heterocycles. The van der Waals surface area contributed by atoms with Crippen molar-refractivity contribution in [3.63, 3.8) is 0 Å². The maximum absolute atomic E-state index is 12.1. The third-order valence-corrected chi connectivity index (χ3v) is 5.88. The molecule has 126 valence electrons. The van der Waals surface area contributed by atoms with Crippen LogP contribution in [0.25, 0.3) is 0 Å². The molecule has 0 amide bonds. The first kappa shape index (κ1) is 19.1. The van der Waals surface area contributed by atoms with Crippen molar-refractivity contribution in [1.82, 2.24) is 9.44 Å². The molecule has 1 rings (SSSR count). The molecule has 0 spiro atoms. The van der Waals surface area contributed by atoms with Crippen LogP contribution >= 0.6 is 0 Å². The lowest BCUT2D eigenvalue weighted by Crippen LogP contribution is -2.35. The predicted molar refractivity (Wildman–Crippen MR) is 87.6 cm³/mol. The molecule has 2 N–H and O–H groups in total. The summed E-state index contributed by atoms with van der Waals surface area (Å²) >= 11 is 0. The molecule has 0 aliphatic carbocycles. The third-order valence-electron chi connectivity index (χ3n) is 3.00. The maximum Gasteiger partial charge on any atom is 0.240 e. The monoisotopic (exact) mass is 348 g/mol. The maximum atomic E-state index is 12.1. The summed E-state index contributed by atoms with van der Waals surface area (Å²) in [6.45, 7) is 5.76. The average molecular weight is 348 g/mol. The molecule has 0 fully saturated rings. The summed E-state index contributed by atoms with van der Waals surface area (Å²) in [5, 5.41) is 0. The topological polar surface area (TPSA) is 92.3 Å². The molecule has 0 unspecified atom stereocenters. The minimum Gasteiger partial charge on any atom is -0.214 e. The van der Waals surface area contributed by atoms with Gasteiger partial charge >= 0.3 is 0 Å². The van der Waals surface area contributed by atoms with Crippen molar-refractivity contribution >= 4 is 20.0 Å². The summed E-state index contributed by atoms with van der Waals surface area (Å²) in [5.41, 5.74) is 1.09. The van der Waals surface area contributed by atoms with E-state index in [1.54, 1.807) is 24.3 Å². The summed E-state index contributed by atoms with van der Waals surface area (Å²) in [7, 11) is -6.92. The standard InChI is InChI=1S/C14H24N2O4S2/c1-4-21(17,18)15-9-10-16-22(19,20)14-7-5-13(6-8-14)11-12(2)3/h5-8,12,15-16H,4,9-11H2,1-3H3. The van der Waals surface area contributed by atoms with E-state index in [4.69, 9.17) is 0 Å². The zero-order valence-corrected chi connectivity index (χ0v) is 14.8. The second-order valence-electron chi connectivity index (χ2n) is 5.44. The van der Waals surface area contributed by atoms with Gasteiger partial charge in [0, 0.05) is 13.1 Å². The zero-order chi connectivity index (χ0) is 16.8. The van der Waals surface area contributed by atoms with Crippen LogP contribution in [0.1, 0.15) is 26.3 Å². The SMILES string of the molecule is CCS(=O)(=O)NCCNS(=O)(=O)c1ccc(CC(C)C)cc1. The Labute approximate surface area is 133 Å². The van der Waals surface area contributed by atoms with Gasteiger partial charge in [0.25, 0.3) is 0 Å². The van der Waals surface area contributed by atoms with Crippen LogP contribution in [-0.4, -0.2) is 35.7 Å². The van der Waals surface area contributed by atoms with Crippen molar-refractivity contribution in [3.05, 3.63) is 29.8 Å². The van der Waals surface area contributed by atoms with Crippen LogP contribution in [0.4, 0.5) is 0 Å². The molecule has 0 radical (unpaired) electrons. The Hall–Kier alpha value is -0.960.